The Bertz CT molecular complexity index is 244. The van der Waals surface area contributed by atoms with Crippen LogP contribution >= 0.6 is 0 Å². The van der Waals surface area contributed by atoms with Crippen molar-refractivity contribution in [1.82, 2.24) is 0 Å². The number of ketones is 1. The summed E-state index contributed by atoms with van der Waals surface area (Å²) in [6.45, 7) is 11.2. The first kappa shape index (κ1) is 14.7. The second-order valence-electron chi connectivity index (χ2n) is 6.84. The third-order valence-electron chi connectivity index (χ3n) is 4.70. The van der Waals surface area contributed by atoms with E-state index in [2.05, 4.69) is 20.8 Å². The zero-order valence-electron chi connectivity index (χ0n) is 12.4. The first-order valence-electron chi connectivity index (χ1n) is 7.42. The van der Waals surface area contributed by atoms with Gasteiger partial charge in [-0.15, -0.1) is 0 Å². The predicted molar refractivity (Wildman–Crippen MR) is 74.0 cm³/mol. The monoisotopic (exact) mass is 238 g/mol. The molecule has 17 heavy (non-hydrogen) atoms. The zero-order chi connectivity index (χ0) is 13.1. The summed E-state index contributed by atoms with van der Waals surface area (Å²) >= 11 is 0. The third kappa shape index (κ3) is 3.82. The molecule has 1 aliphatic rings. The average molecular weight is 238 g/mol. The number of rotatable bonds is 5. The van der Waals surface area contributed by atoms with Crippen LogP contribution in [0.15, 0.2) is 0 Å². The van der Waals surface area contributed by atoms with E-state index in [1.807, 2.05) is 13.8 Å². The normalized spacial score (nSPS) is 26.2. The van der Waals surface area contributed by atoms with Gasteiger partial charge in [0.25, 0.3) is 0 Å². The lowest BCUT2D eigenvalue weighted by Gasteiger charge is -2.39. The predicted octanol–water partition coefficient (Wildman–Crippen LogP) is 4.84. The SMILES string of the molecule is CCCC(C)(C)C1CCC(C(=O)C(C)C)CC1. The van der Waals surface area contributed by atoms with Crippen LogP contribution in [0.25, 0.3) is 0 Å². The van der Waals surface area contributed by atoms with Gasteiger partial charge in [-0.2, -0.15) is 0 Å². The highest BCUT2D eigenvalue weighted by Gasteiger charge is 2.34. The van der Waals surface area contributed by atoms with Gasteiger partial charge < -0.3 is 0 Å². The number of carbonyl (C=O) groups is 1. The second-order valence-corrected chi connectivity index (χ2v) is 6.84. The minimum Gasteiger partial charge on any atom is -0.299 e. The summed E-state index contributed by atoms with van der Waals surface area (Å²) in [6.07, 6.45) is 7.38. The van der Waals surface area contributed by atoms with E-state index in [1.165, 1.54) is 25.7 Å². The molecule has 0 atom stereocenters. The van der Waals surface area contributed by atoms with E-state index in [0.29, 0.717) is 17.1 Å². The molecule has 0 aliphatic heterocycles. The van der Waals surface area contributed by atoms with Gasteiger partial charge in [0.15, 0.2) is 0 Å². The largest absolute Gasteiger partial charge is 0.299 e. The van der Waals surface area contributed by atoms with E-state index in [1.54, 1.807) is 0 Å². The maximum absolute atomic E-state index is 12.0. The maximum Gasteiger partial charge on any atom is 0.138 e. The quantitative estimate of drug-likeness (QED) is 0.669. The lowest BCUT2D eigenvalue weighted by molar-refractivity contribution is -0.127. The fraction of sp³-hybridized carbons (Fsp3) is 0.938. The van der Waals surface area contributed by atoms with E-state index in [-0.39, 0.29) is 5.92 Å². The Labute approximate surface area is 107 Å². The molecule has 0 amide bonds. The van der Waals surface area contributed by atoms with Crippen molar-refractivity contribution in [3.05, 3.63) is 0 Å². The molecule has 0 saturated heterocycles. The summed E-state index contributed by atoms with van der Waals surface area (Å²) in [5.41, 5.74) is 0.473. The number of hydrogen-bond donors (Lipinski definition) is 0. The van der Waals surface area contributed by atoms with Crippen LogP contribution in [0.5, 0.6) is 0 Å². The third-order valence-corrected chi connectivity index (χ3v) is 4.70. The van der Waals surface area contributed by atoms with E-state index in [0.717, 1.165) is 18.8 Å². The maximum atomic E-state index is 12.0. The molecule has 1 heteroatoms. The van der Waals surface area contributed by atoms with Gasteiger partial charge in [0, 0.05) is 11.8 Å². The Hall–Kier alpha value is -0.330. The van der Waals surface area contributed by atoms with Crippen LogP contribution in [0.2, 0.25) is 0 Å². The molecule has 0 heterocycles. The first-order chi connectivity index (χ1) is 7.88. The minimum atomic E-state index is 0.222. The van der Waals surface area contributed by atoms with Crippen LogP contribution in [-0.2, 0) is 4.79 Å². The van der Waals surface area contributed by atoms with Gasteiger partial charge >= 0.3 is 0 Å². The summed E-state index contributed by atoms with van der Waals surface area (Å²) in [4.78, 5) is 12.0. The van der Waals surface area contributed by atoms with Crippen LogP contribution in [0.1, 0.15) is 73.1 Å². The molecule has 1 saturated carbocycles. The van der Waals surface area contributed by atoms with Gasteiger partial charge in [-0.1, -0.05) is 41.0 Å². The van der Waals surface area contributed by atoms with E-state index in [4.69, 9.17) is 0 Å². The molecule has 100 valence electrons. The highest BCUT2D eigenvalue weighted by Crippen LogP contribution is 2.43. The van der Waals surface area contributed by atoms with Crippen molar-refractivity contribution >= 4 is 5.78 Å². The van der Waals surface area contributed by atoms with Crippen LogP contribution in [0, 0.1) is 23.2 Å². The molecule has 0 unspecified atom stereocenters. The lowest BCUT2D eigenvalue weighted by atomic mass is 9.66. The first-order valence-corrected chi connectivity index (χ1v) is 7.42. The summed E-state index contributed by atoms with van der Waals surface area (Å²) in [6, 6.07) is 0. The molecule has 1 fully saturated rings. The van der Waals surface area contributed by atoms with Gasteiger partial charge in [-0.3, -0.25) is 4.79 Å². The molecule has 0 bridgehead atoms. The van der Waals surface area contributed by atoms with Crippen molar-refractivity contribution in [3.8, 4) is 0 Å². The van der Waals surface area contributed by atoms with Gasteiger partial charge in [0.05, 0.1) is 0 Å². The molecule has 1 aliphatic carbocycles. The fourth-order valence-corrected chi connectivity index (χ4v) is 3.48. The molecule has 0 spiro atoms. The van der Waals surface area contributed by atoms with Crippen LogP contribution in [-0.4, -0.2) is 5.78 Å². The molecule has 1 rings (SSSR count). The van der Waals surface area contributed by atoms with Crippen molar-refractivity contribution in [2.45, 2.75) is 73.1 Å². The highest BCUT2D eigenvalue weighted by atomic mass is 16.1. The van der Waals surface area contributed by atoms with Crippen LogP contribution in [0.4, 0.5) is 0 Å². The smallest absolute Gasteiger partial charge is 0.138 e. The van der Waals surface area contributed by atoms with Crippen molar-refractivity contribution in [1.29, 1.82) is 0 Å². The van der Waals surface area contributed by atoms with Crippen LogP contribution in [0.3, 0.4) is 0 Å². The zero-order valence-corrected chi connectivity index (χ0v) is 12.4. The molecule has 0 radical (unpaired) electrons. The summed E-state index contributed by atoms with van der Waals surface area (Å²) in [5, 5.41) is 0. The molecule has 0 N–H and O–H groups in total. The van der Waals surface area contributed by atoms with Crippen molar-refractivity contribution in [2.75, 3.05) is 0 Å². The Balaban J connectivity index is 2.48. The minimum absolute atomic E-state index is 0.222. The van der Waals surface area contributed by atoms with Gasteiger partial charge in [-0.25, -0.2) is 0 Å². The molecule has 0 aromatic heterocycles. The van der Waals surface area contributed by atoms with Crippen molar-refractivity contribution in [3.63, 3.8) is 0 Å². The van der Waals surface area contributed by atoms with E-state index < -0.39 is 0 Å². The van der Waals surface area contributed by atoms with Gasteiger partial charge in [0.2, 0.25) is 0 Å². The Morgan fingerprint density at radius 3 is 2.12 bits per heavy atom. The van der Waals surface area contributed by atoms with E-state index >= 15 is 0 Å². The Morgan fingerprint density at radius 1 is 1.18 bits per heavy atom. The summed E-state index contributed by atoms with van der Waals surface area (Å²) < 4.78 is 0. The van der Waals surface area contributed by atoms with Crippen molar-refractivity contribution < 1.29 is 4.79 Å². The second kappa shape index (κ2) is 6.02. The van der Waals surface area contributed by atoms with Crippen LogP contribution < -0.4 is 0 Å². The van der Waals surface area contributed by atoms with E-state index in [9.17, 15) is 4.79 Å². The van der Waals surface area contributed by atoms with Crippen molar-refractivity contribution in [2.24, 2.45) is 23.2 Å². The topological polar surface area (TPSA) is 17.1 Å². The van der Waals surface area contributed by atoms with Gasteiger partial charge in [0.1, 0.15) is 5.78 Å². The standard InChI is InChI=1S/C16H30O/c1-6-11-16(4,5)14-9-7-13(8-10-14)15(17)12(2)3/h12-14H,6-11H2,1-5H3. The number of Topliss-reactive ketones (excluding diaryl/α,β-unsaturated/α-hetero) is 1. The molecule has 1 nitrogen and oxygen atoms in total. The molecular formula is C16H30O. The average Bonchev–Trinajstić information content (AvgIpc) is 2.28. The lowest BCUT2D eigenvalue weighted by Crippen LogP contribution is -2.31. The fourth-order valence-electron chi connectivity index (χ4n) is 3.48. The molecule has 0 aromatic carbocycles. The Morgan fingerprint density at radius 2 is 1.71 bits per heavy atom. The number of hydrogen-bond acceptors (Lipinski definition) is 1. The number of carbonyl (C=O) groups excluding carboxylic acids is 1. The summed E-state index contributed by atoms with van der Waals surface area (Å²) in [7, 11) is 0. The highest BCUT2D eigenvalue weighted by molar-refractivity contribution is 5.82. The molecular weight excluding hydrogens is 208 g/mol. The Kier molecular flexibility index (Phi) is 5.22. The van der Waals surface area contributed by atoms with Gasteiger partial charge in [-0.05, 0) is 43.4 Å². The summed E-state index contributed by atoms with van der Waals surface area (Å²) in [5.74, 6) is 1.92. The molecule has 0 aromatic rings.